The first-order chi connectivity index (χ1) is 9.16. The van der Waals surface area contributed by atoms with Gasteiger partial charge in [0.25, 0.3) is 0 Å². The van der Waals surface area contributed by atoms with E-state index >= 15 is 0 Å². The summed E-state index contributed by atoms with van der Waals surface area (Å²) in [7, 11) is 0. The second kappa shape index (κ2) is 5.82. The van der Waals surface area contributed by atoms with Crippen LogP contribution in [-0.4, -0.2) is 17.1 Å². The molecule has 0 saturated heterocycles. The molecule has 0 bridgehead atoms. The Morgan fingerprint density at radius 2 is 2.00 bits per heavy atom. The summed E-state index contributed by atoms with van der Waals surface area (Å²) in [5.74, 6) is -1.81. The Labute approximate surface area is 113 Å². The number of carboxylic acids is 1. The fraction of sp³-hybridized carbons (Fsp3) is 0.385. The second-order valence-corrected chi connectivity index (χ2v) is 4.43. The van der Waals surface area contributed by atoms with Crippen molar-refractivity contribution in [2.24, 2.45) is 5.92 Å². The van der Waals surface area contributed by atoms with Crippen molar-refractivity contribution < 1.29 is 23.1 Å². The first kappa shape index (κ1) is 15.8. The predicted molar refractivity (Wildman–Crippen MR) is 66.0 cm³/mol. The van der Waals surface area contributed by atoms with Gasteiger partial charge in [-0.3, -0.25) is 4.79 Å². The summed E-state index contributed by atoms with van der Waals surface area (Å²) < 4.78 is 38.3. The molecule has 2 N–H and O–H groups in total. The normalized spacial score (nSPS) is 14.2. The summed E-state index contributed by atoms with van der Waals surface area (Å²) in [6.45, 7) is 3.01. The molecule has 0 aliphatic heterocycles. The van der Waals surface area contributed by atoms with Gasteiger partial charge in [-0.1, -0.05) is 0 Å². The van der Waals surface area contributed by atoms with Crippen molar-refractivity contribution in [1.29, 1.82) is 5.26 Å². The number of nitrogens with zero attached hydrogens (tertiary/aromatic N) is 1. The van der Waals surface area contributed by atoms with Crippen LogP contribution >= 0.6 is 0 Å². The summed E-state index contributed by atoms with van der Waals surface area (Å²) in [5, 5.41) is 20.2. The fourth-order valence-corrected chi connectivity index (χ4v) is 1.57. The lowest BCUT2D eigenvalue weighted by atomic mass is 10.0. The van der Waals surface area contributed by atoms with Crippen LogP contribution in [0.5, 0.6) is 0 Å². The molecule has 0 aromatic heterocycles. The predicted octanol–water partition coefficient (Wildman–Crippen LogP) is 3.10. The fourth-order valence-electron chi connectivity index (χ4n) is 1.57. The van der Waals surface area contributed by atoms with Crippen molar-refractivity contribution in [3.63, 3.8) is 0 Å². The highest BCUT2D eigenvalue weighted by Crippen LogP contribution is 2.33. The van der Waals surface area contributed by atoms with Gasteiger partial charge in [-0.25, -0.2) is 0 Å². The Kier molecular flexibility index (Phi) is 4.61. The number of hydrogen-bond acceptors (Lipinski definition) is 3. The zero-order valence-electron chi connectivity index (χ0n) is 10.8. The number of carbonyl (C=O) groups is 1. The summed E-state index contributed by atoms with van der Waals surface area (Å²) in [5.41, 5.74) is -1.39. The molecule has 1 rings (SSSR count). The van der Waals surface area contributed by atoms with E-state index in [0.29, 0.717) is 0 Å². The number of nitrogens with one attached hydrogen (secondary N) is 1. The first-order valence-electron chi connectivity index (χ1n) is 5.77. The van der Waals surface area contributed by atoms with Gasteiger partial charge in [-0.05, 0) is 32.0 Å². The van der Waals surface area contributed by atoms with Gasteiger partial charge >= 0.3 is 12.1 Å². The van der Waals surface area contributed by atoms with E-state index in [4.69, 9.17) is 10.4 Å². The molecule has 0 heterocycles. The molecule has 0 spiro atoms. The average molecular weight is 286 g/mol. The minimum Gasteiger partial charge on any atom is -0.481 e. The van der Waals surface area contributed by atoms with Crippen molar-refractivity contribution in [2.75, 3.05) is 5.32 Å². The van der Waals surface area contributed by atoms with Crippen molar-refractivity contribution >= 4 is 11.7 Å². The van der Waals surface area contributed by atoms with Gasteiger partial charge in [0.05, 0.1) is 23.1 Å². The maximum atomic E-state index is 12.8. The Balaban J connectivity index is 3.05. The third-order valence-electron chi connectivity index (χ3n) is 2.98. The Bertz CT molecular complexity index is 550. The summed E-state index contributed by atoms with van der Waals surface area (Å²) in [6.07, 6.45) is -4.63. The molecule has 0 radical (unpaired) electrons. The number of nitriles is 1. The number of aliphatic carboxylic acids is 1. The lowest BCUT2D eigenvalue weighted by molar-refractivity contribution is -0.141. The monoisotopic (exact) mass is 286 g/mol. The van der Waals surface area contributed by atoms with Crippen LogP contribution in [0, 0.1) is 17.2 Å². The van der Waals surface area contributed by atoms with Gasteiger partial charge < -0.3 is 10.4 Å². The first-order valence-corrected chi connectivity index (χ1v) is 5.77. The quantitative estimate of drug-likeness (QED) is 0.892. The molecule has 0 amide bonds. The molecule has 20 heavy (non-hydrogen) atoms. The van der Waals surface area contributed by atoms with E-state index in [1.807, 2.05) is 0 Å². The number of halogens is 3. The Morgan fingerprint density at radius 3 is 2.45 bits per heavy atom. The lowest BCUT2D eigenvalue weighted by Crippen LogP contribution is -2.29. The van der Waals surface area contributed by atoms with E-state index in [2.05, 4.69) is 5.32 Å². The van der Waals surface area contributed by atoms with E-state index in [1.165, 1.54) is 19.1 Å². The maximum absolute atomic E-state index is 12.8. The number of hydrogen-bond donors (Lipinski definition) is 2. The standard InChI is InChI=1S/C13H13F3N2O2/c1-7(12(19)20)8(2)18-10-4-3-9(6-17)11(5-10)13(14,15)16/h3-5,7-8,18H,1-2H3,(H,19,20). The number of anilines is 1. The van der Waals surface area contributed by atoms with Crippen LogP contribution < -0.4 is 5.32 Å². The summed E-state index contributed by atoms with van der Waals surface area (Å²) in [4.78, 5) is 10.8. The van der Waals surface area contributed by atoms with E-state index in [0.717, 1.165) is 12.1 Å². The van der Waals surface area contributed by atoms with Crippen LogP contribution in [-0.2, 0) is 11.0 Å². The molecule has 2 atom stereocenters. The van der Waals surface area contributed by atoms with Gasteiger partial charge in [0.15, 0.2) is 0 Å². The van der Waals surface area contributed by atoms with Crippen LogP contribution in [0.25, 0.3) is 0 Å². The topological polar surface area (TPSA) is 73.1 Å². The zero-order chi connectivity index (χ0) is 15.5. The minimum atomic E-state index is -4.63. The molecule has 108 valence electrons. The molecule has 1 aromatic carbocycles. The summed E-state index contributed by atoms with van der Waals surface area (Å²) >= 11 is 0. The molecular weight excluding hydrogens is 273 g/mol. The molecule has 2 unspecified atom stereocenters. The number of rotatable bonds is 4. The number of alkyl halides is 3. The second-order valence-electron chi connectivity index (χ2n) is 4.43. The van der Waals surface area contributed by atoms with Gasteiger partial charge in [0, 0.05) is 11.7 Å². The van der Waals surface area contributed by atoms with Gasteiger partial charge in [-0.2, -0.15) is 18.4 Å². The zero-order valence-corrected chi connectivity index (χ0v) is 10.8. The molecule has 0 saturated carbocycles. The lowest BCUT2D eigenvalue weighted by Gasteiger charge is -2.20. The highest BCUT2D eigenvalue weighted by molar-refractivity contribution is 5.71. The third kappa shape index (κ3) is 3.63. The molecule has 1 aromatic rings. The van der Waals surface area contributed by atoms with E-state index in [-0.39, 0.29) is 5.69 Å². The minimum absolute atomic E-state index is 0.122. The SMILES string of the molecule is CC(Nc1ccc(C#N)c(C(F)(F)F)c1)C(C)C(=O)O. The molecule has 7 heteroatoms. The van der Waals surface area contributed by atoms with Crippen molar-refractivity contribution in [3.05, 3.63) is 29.3 Å². The molecule has 0 fully saturated rings. The van der Waals surface area contributed by atoms with Crippen molar-refractivity contribution in [3.8, 4) is 6.07 Å². The van der Waals surface area contributed by atoms with Gasteiger partial charge in [-0.15, -0.1) is 0 Å². The number of benzene rings is 1. The highest BCUT2D eigenvalue weighted by Gasteiger charge is 2.34. The molecule has 0 aliphatic carbocycles. The van der Waals surface area contributed by atoms with Crippen molar-refractivity contribution in [1.82, 2.24) is 0 Å². The van der Waals surface area contributed by atoms with Crippen LogP contribution in [0.2, 0.25) is 0 Å². The maximum Gasteiger partial charge on any atom is 0.417 e. The molecular formula is C13H13F3N2O2. The average Bonchev–Trinajstić information content (AvgIpc) is 2.36. The highest BCUT2D eigenvalue weighted by atomic mass is 19.4. The Hall–Kier alpha value is -2.23. The van der Waals surface area contributed by atoms with Gasteiger partial charge in [0.2, 0.25) is 0 Å². The smallest absolute Gasteiger partial charge is 0.417 e. The van der Waals surface area contributed by atoms with Crippen molar-refractivity contribution in [2.45, 2.75) is 26.1 Å². The third-order valence-corrected chi connectivity index (χ3v) is 2.98. The summed E-state index contributed by atoms with van der Waals surface area (Å²) in [6, 6.07) is 4.11. The molecule has 0 aliphatic rings. The largest absolute Gasteiger partial charge is 0.481 e. The van der Waals surface area contributed by atoms with Crippen LogP contribution in [0.3, 0.4) is 0 Å². The van der Waals surface area contributed by atoms with Gasteiger partial charge in [0.1, 0.15) is 0 Å². The molecule has 4 nitrogen and oxygen atoms in total. The van der Waals surface area contributed by atoms with Crippen LogP contribution in [0.4, 0.5) is 18.9 Å². The Morgan fingerprint density at radius 1 is 1.40 bits per heavy atom. The van der Waals surface area contributed by atoms with E-state index in [9.17, 15) is 18.0 Å². The van der Waals surface area contributed by atoms with E-state index in [1.54, 1.807) is 6.92 Å². The van der Waals surface area contributed by atoms with E-state index < -0.39 is 35.2 Å². The van der Waals surface area contributed by atoms with Crippen LogP contribution in [0.1, 0.15) is 25.0 Å². The number of carboxylic acid groups (broad SMARTS) is 1. The van der Waals surface area contributed by atoms with Crippen LogP contribution in [0.15, 0.2) is 18.2 Å².